The van der Waals surface area contributed by atoms with Gasteiger partial charge in [0, 0.05) is 11.9 Å². The van der Waals surface area contributed by atoms with Crippen molar-refractivity contribution in [1.82, 2.24) is 15.0 Å². The molecule has 0 amide bonds. The summed E-state index contributed by atoms with van der Waals surface area (Å²) in [6.07, 6.45) is 1.63. The molecular weight excluding hydrogens is 256 g/mol. The van der Waals surface area contributed by atoms with E-state index in [1.165, 1.54) is 0 Å². The Bertz CT molecular complexity index is 724. The van der Waals surface area contributed by atoms with Gasteiger partial charge >= 0.3 is 0 Å². The van der Waals surface area contributed by atoms with E-state index in [1.807, 2.05) is 36.4 Å². The molecule has 92 valence electrons. The van der Waals surface area contributed by atoms with Gasteiger partial charge in [0.05, 0.1) is 11.0 Å². The third kappa shape index (κ3) is 2.44. The van der Waals surface area contributed by atoms with Crippen LogP contribution in [0.1, 0.15) is 11.3 Å². The van der Waals surface area contributed by atoms with Gasteiger partial charge in [0.1, 0.15) is 11.8 Å². The lowest BCUT2D eigenvalue weighted by atomic mass is 10.2. The summed E-state index contributed by atoms with van der Waals surface area (Å²) in [6, 6.07) is 13.8. The van der Waals surface area contributed by atoms with Gasteiger partial charge in [-0.3, -0.25) is 0 Å². The molecule has 2 aromatic heterocycles. The molecule has 0 unspecified atom stereocenters. The highest BCUT2D eigenvalue weighted by atomic mass is 32.2. The minimum Gasteiger partial charge on any atom is -0.333 e. The van der Waals surface area contributed by atoms with E-state index in [2.05, 4.69) is 21.0 Å². The smallest absolute Gasteiger partial charge is 0.166 e. The first kappa shape index (κ1) is 11.8. The number of rotatable bonds is 3. The van der Waals surface area contributed by atoms with E-state index in [9.17, 15) is 0 Å². The molecule has 0 bridgehead atoms. The van der Waals surface area contributed by atoms with Crippen LogP contribution >= 0.6 is 11.8 Å². The fraction of sp³-hybridized carbons (Fsp3) is 0.0714. The van der Waals surface area contributed by atoms with E-state index in [1.54, 1.807) is 18.0 Å². The summed E-state index contributed by atoms with van der Waals surface area (Å²) < 4.78 is 0. The second-order valence-corrected chi connectivity index (χ2v) is 4.93. The lowest BCUT2D eigenvalue weighted by Crippen LogP contribution is -1.90. The number of para-hydroxylation sites is 2. The van der Waals surface area contributed by atoms with Crippen molar-refractivity contribution in [3.8, 4) is 6.07 Å². The highest BCUT2D eigenvalue weighted by molar-refractivity contribution is 7.98. The molecule has 1 N–H and O–H groups in total. The maximum Gasteiger partial charge on any atom is 0.166 e. The second kappa shape index (κ2) is 5.12. The minimum atomic E-state index is 0.478. The number of hydrogen-bond acceptors (Lipinski definition) is 4. The SMILES string of the molecule is N#Cc1ncccc1CSc1nc2ccccc2[nH]1. The van der Waals surface area contributed by atoms with Crippen LogP contribution in [0.4, 0.5) is 0 Å². The van der Waals surface area contributed by atoms with Crippen LogP contribution in [-0.2, 0) is 5.75 Å². The lowest BCUT2D eigenvalue weighted by Gasteiger charge is -2.00. The van der Waals surface area contributed by atoms with Gasteiger partial charge in [0.15, 0.2) is 5.16 Å². The van der Waals surface area contributed by atoms with Crippen LogP contribution in [0.2, 0.25) is 0 Å². The number of nitrogens with one attached hydrogen (secondary N) is 1. The zero-order valence-electron chi connectivity index (χ0n) is 10.00. The fourth-order valence-electron chi connectivity index (χ4n) is 1.80. The molecule has 2 heterocycles. The van der Waals surface area contributed by atoms with Crippen molar-refractivity contribution >= 4 is 22.8 Å². The summed E-state index contributed by atoms with van der Waals surface area (Å²) in [7, 11) is 0. The highest BCUT2D eigenvalue weighted by Gasteiger charge is 2.06. The standard InChI is InChI=1S/C14H10N4S/c15-8-13-10(4-3-7-16-13)9-19-14-17-11-5-1-2-6-12(11)18-14/h1-7H,9H2,(H,17,18). The molecule has 5 heteroatoms. The Morgan fingerprint density at radius 3 is 2.95 bits per heavy atom. The summed E-state index contributed by atoms with van der Waals surface area (Å²) in [6.45, 7) is 0. The zero-order chi connectivity index (χ0) is 13.1. The Morgan fingerprint density at radius 2 is 2.11 bits per heavy atom. The van der Waals surface area contributed by atoms with Gasteiger partial charge in [-0.2, -0.15) is 5.26 Å². The summed E-state index contributed by atoms with van der Waals surface area (Å²) >= 11 is 1.57. The number of nitrogens with zero attached hydrogens (tertiary/aromatic N) is 3. The molecule has 0 fully saturated rings. The molecule has 3 rings (SSSR count). The predicted octanol–water partition coefficient (Wildman–Crippen LogP) is 3.12. The summed E-state index contributed by atoms with van der Waals surface area (Å²) in [5.41, 5.74) is 3.38. The molecule has 0 aliphatic carbocycles. The quantitative estimate of drug-likeness (QED) is 0.740. The van der Waals surface area contributed by atoms with Crippen molar-refractivity contribution in [2.75, 3.05) is 0 Å². The highest BCUT2D eigenvalue weighted by Crippen LogP contribution is 2.23. The Hall–Kier alpha value is -2.32. The van der Waals surface area contributed by atoms with Crippen LogP contribution in [0.15, 0.2) is 47.8 Å². The first-order chi connectivity index (χ1) is 9.36. The summed E-state index contributed by atoms with van der Waals surface area (Å²) in [4.78, 5) is 11.8. The number of benzene rings is 1. The molecule has 0 saturated carbocycles. The maximum absolute atomic E-state index is 8.98. The molecule has 0 spiro atoms. The zero-order valence-corrected chi connectivity index (χ0v) is 10.8. The van der Waals surface area contributed by atoms with E-state index in [0.717, 1.165) is 21.8 Å². The van der Waals surface area contributed by atoms with Crippen molar-refractivity contribution in [3.05, 3.63) is 53.9 Å². The van der Waals surface area contributed by atoms with E-state index in [4.69, 9.17) is 5.26 Å². The molecule has 1 aromatic carbocycles. The number of hydrogen-bond donors (Lipinski definition) is 1. The van der Waals surface area contributed by atoms with Crippen LogP contribution < -0.4 is 0 Å². The second-order valence-electron chi connectivity index (χ2n) is 3.97. The van der Waals surface area contributed by atoms with Gasteiger partial charge < -0.3 is 4.98 Å². The van der Waals surface area contributed by atoms with Crippen molar-refractivity contribution in [1.29, 1.82) is 5.26 Å². The third-order valence-corrected chi connectivity index (χ3v) is 3.65. The minimum absolute atomic E-state index is 0.478. The van der Waals surface area contributed by atoms with E-state index in [-0.39, 0.29) is 0 Å². The number of nitriles is 1. The Labute approximate surface area is 114 Å². The van der Waals surface area contributed by atoms with Crippen LogP contribution in [0, 0.1) is 11.3 Å². The first-order valence-corrected chi connectivity index (χ1v) is 6.77. The number of aromatic amines is 1. The average Bonchev–Trinajstić information content (AvgIpc) is 2.88. The monoisotopic (exact) mass is 266 g/mol. The largest absolute Gasteiger partial charge is 0.333 e. The maximum atomic E-state index is 8.98. The number of imidazole rings is 1. The van der Waals surface area contributed by atoms with Gasteiger partial charge in [-0.1, -0.05) is 30.0 Å². The molecule has 19 heavy (non-hydrogen) atoms. The molecular formula is C14H10N4S. The van der Waals surface area contributed by atoms with Crippen LogP contribution in [-0.4, -0.2) is 15.0 Å². The molecule has 0 aliphatic rings. The van der Waals surface area contributed by atoms with E-state index >= 15 is 0 Å². The van der Waals surface area contributed by atoms with Gasteiger partial charge in [-0.15, -0.1) is 0 Å². The molecule has 0 saturated heterocycles. The van der Waals surface area contributed by atoms with Crippen LogP contribution in [0.5, 0.6) is 0 Å². The molecule has 0 aliphatic heterocycles. The predicted molar refractivity (Wildman–Crippen MR) is 74.6 cm³/mol. The summed E-state index contributed by atoms with van der Waals surface area (Å²) in [5.74, 6) is 0.677. The number of thioether (sulfide) groups is 1. The van der Waals surface area contributed by atoms with Crippen molar-refractivity contribution in [2.45, 2.75) is 10.9 Å². The van der Waals surface area contributed by atoms with E-state index in [0.29, 0.717) is 11.4 Å². The molecule has 0 atom stereocenters. The van der Waals surface area contributed by atoms with Crippen molar-refractivity contribution in [3.63, 3.8) is 0 Å². The average molecular weight is 266 g/mol. The van der Waals surface area contributed by atoms with Crippen LogP contribution in [0.3, 0.4) is 0 Å². The third-order valence-electron chi connectivity index (χ3n) is 2.73. The first-order valence-electron chi connectivity index (χ1n) is 5.78. The number of pyridine rings is 1. The number of aromatic nitrogens is 3. The Kier molecular flexibility index (Phi) is 3.17. The lowest BCUT2D eigenvalue weighted by molar-refractivity contribution is 1.08. The fourth-order valence-corrected chi connectivity index (χ4v) is 2.67. The Balaban J connectivity index is 1.81. The van der Waals surface area contributed by atoms with Gasteiger partial charge in [0.25, 0.3) is 0 Å². The van der Waals surface area contributed by atoms with Crippen LogP contribution in [0.25, 0.3) is 11.0 Å². The van der Waals surface area contributed by atoms with E-state index < -0.39 is 0 Å². The molecule has 3 aromatic rings. The van der Waals surface area contributed by atoms with Gasteiger partial charge in [-0.05, 0) is 23.8 Å². The Morgan fingerprint density at radius 1 is 1.21 bits per heavy atom. The van der Waals surface area contributed by atoms with Crippen molar-refractivity contribution in [2.24, 2.45) is 0 Å². The number of fused-ring (bicyclic) bond motifs is 1. The topological polar surface area (TPSA) is 65.4 Å². The molecule has 4 nitrogen and oxygen atoms in total. The van der Waals surface area contributed by atoms with Gasteiger partial charge in [0.2, 0.25) is 0 Å². The summed E-state index contributed by atoms with van der Waals surface area (Å²) in [5, 5.41) is 9.84. The molecule has 0 radical (unpaired) electrons. The number of H-pyrrole nitrogens is 1. The van der Waals surface area contributed by atoms with Gasteiger partial charge in [-0.25, -0.2) is 9.97 Å². The van der Waals surface area contributed by atoms with Crippen molar-refractivity contribution < 1.29 is 0 Å². The normalized spacial score (nSPS) is 10.5.